The molecule has 0 fully saturated rings. The summed E-state index contributed by atoms with van der Waals surface area (Å²) in [5, 5.41) is 3.62. The molecular weight excluding hydrogens is 358 g/mol. The van der Waals surface area contributed by atoms with Gasteiger partial charge in [-0.3, -0.25) is 4.79 Å². The molecule has 0 bridgehead atoms. The van der Waals surface area contributed by atoms with Crippen molar-refractivity contribution in [3.63, 3.8) is 0 Å². The molecule has 7 nitrogen and oxygen atoms in total. The van der Waals surface area contributed by atoms with Crippen molar-refractivity contribution in [2.75, 3.05) is 0 Å². The van der Waals surface area contributed by atoms with Gasteiger partial charge in [-0.2, -0.15) is 0 Å². The first-order valence-corrected chi connectivity index (χ1v) is 8.47. The molecule has 134 valence electrons. The Labute approximate surface area is 158 Å². The van der Waals surface area contributed by atoms with Crippen LogP contribution in [0.2, 0.25) is 0 Å². The maximum Gasteiger partial charge on any atom is 0.340 e. The molecule has 3 aromatic carbocycles. The van der Waals surface area contributed by atoms with Gasteiger partial charge in [-0.1, -0.05) is 41.5 Å². The number of fused-ring (bicyclic) bond motifs is 6. The normalized spacial score (nSPS) is 18.2. The topological polar surface area (TPSA) is 101 Å². The molecule has 0 saturated carbocycles. The molecule has 0 saturated heterocycles. The van der Waals surface area contributed by atoms with Crippen LogP contribution in [0, 0.1) is 0 Å². The van der Waals surface area contributed by atoms with E-state index in [2.05, 4.69) is 10.0 Å². The SMILES string of the molecule is [N-]=[N+]=Nc1ccc2c(c1)Oc1cc(C=O)ccc1C21OC(=O)c2ccccc21. The Morgan fingerprint density at radius 3 is 2.50 bits per heavy atom. The quantitative estimate of drug-likeness (QED) is 0.208. The monoisotopic (exact) mass is 369 g/mol. The second-order valence-corrected chi connectivity index (χ2v) is 6.46. The number of rotatable bonds is 2. The Hall–Kier alpha value is -4.09. The fourth-order valence-electron chi connectivity index (χ4n) is 3.87. The van der Waals surface area contributed by atoms with Crippen molar-refractivity contribution >= 4 is 17.9 Å². The predicted molar refractivity (Wildman–Crippen MR) is 98.9 cm³/mol. The first-order chi connectivity index (χ1) is 13.7. The summed E-state index contributed by atoms with van der Waals surface area (Å²) in [7, 11) is 0. The Kier molecular flexibility index (Phi) is 3.28. The van der Waals surface area contributed by atoms with E-state index in [4.69, 9.17) is 15.0 Å². The number of ether oxygens (including phenoxy) is 2. The van der Waals surface area contributed by atoms with E-state index < -0.39 is 11.6 Å². The number of carbonyl (C=O) groups is 2. The molecule has 2 aliphatic rings. The van der Waals surface area contributed by atoms with Crippen molar-refractivity contribution < 1.29 is 19.1 Å². The molecule has 0 radical (unpaired) electrons. The van der Waals surface area contributed by atoms with Gasteiger partial charge in [0.1, 0.15) is 17.8 Å². The third-order valence-electron chi connectivity index (χ3n) is 5.02. The number of carbonyl (C=O) groups excluding carboxylic acids is 2. The van der Waals surface area contributed by atoms with Crippen LogP contribution < -0.4 is 4.74 Å². The van der Waals surface area contributed by atoms with Crippen molar-refractivity contribution in [1.29, 1.82) is 0 Å². The summed E-state index contributed by atoms with van der Waals surface area (Å²) in [6.45, 7) is 0. The standard InChI is InChI=1S/C21H11N3O4/c22-24-23-13-6-8-17-19(10-13)27-18-9-12(11-25)5-7-16(18)21(17)15-4-2-1-3-14(15)20(26)28-21/h1-11H. The zero-order valence-electron chi connectivity index (χ0n) is 14.3. The summed E-state index contributed by atoms with van der Waals surface area (Å²) in [5.41, 5.74) is 10.7. The van der Waals surface area contributed by atoms with E-state index in [1.807, 2.05) is 12.1 Å². The van der Waals surface area contributed by atoms with E-state index >= 15 is 0 Å². The lowest BCUT2D eigenvalue weighted by Crippen LogP contribution is -2.33. The molecule has 0 N–H and O–H groups in total. The first kappa shape index (κ1) is 16.1. The lowest BCUT2D eigenvalue weighted by atomic mass is 9.77. The average Bonchev–Trinajstić information content (AvgIpc) is 3.01. The maximum atomic E-state index is 12.7. The van der Waals surface area contributed by atoms with Crippen LogP contribution in [-0.4, -0.2) is 12.3 Å². The van der Waals surface area contributed by atoms with E-state index in [9.17, 15) is 9.59 Å². The summed E-state index contributed by atoms with van der Waals surface area (Å²) < 4.78 is 12.0. The highest BCUT2D eigenvalue weighted by atomic mass is 16.6. The van der Waals surface area contributed by atoms with Gasteiger partial charge in [-0.05, 0) is 29.8 Å². The Bertz CT molecular complexity index is 1230. The summed E-state index contributed by atoms with van der Waals surface area (Å²) in [6, 6.07) is 17.1. The Morgan fingerprint density at radius 1 is 0.964 bits per heavy atom. The highest BCUT2D eigenvalue weighted by molar-refractivity contribution is 5.97. The van der Waals surface area contributed by atoms with Crippen LogP contribution in [0.3, 0.4) is 0 Å². The van der Waals surface area contributed by atoms with Crippen molar-refractivity contribution in [2.45, 2.75) is 5.60 Å². The Morgan fingerprint density at radius 2 is 1.71 bits per heavy atom. The van der Waals surface area contributed by atoms with Crippen LogP contribution in [-0.2, 0) is 10.3 Å². The molecule has 2 aliphatic heterocycles. The van der Waals surface area contributed by atoms with Gasteiger partial charge in [-0.15, -0.1) is 0 Å². The fourth-order valence-corrected chi connectivity index (χ4v) is 3.87. The van der Waals surface area contributed by atoms with Gasteiger partial charge in [-0.25, -0.2) is 4.79 Å². The molecule has 1 spiro atoms. The lowest BCUT2D eigenvalue weighted by Gasteiger charge is -2.36. The second kappa shape index (κ2) is 5.70. The van der Waals surface area contributed by atoms with E-state index in [-0.39, 0.29) is 0 Å². The second-order valence-electron chi connectivity index (χ2n) is 6.46. The van der Waals surface area contributed by atoms with Crippen LogP contribution in [0.4, 0.5) is 5.69 Å². The van der Waals surface area contributed by atoms with Gasteiger partial charge < -0.3 is 9.47 Å². The van der Waals surface area contributed by atoms with Crippen LogP contribution in [0.1, 0.15) is 37.4 Å². The zero-order valence-corrected chi connectivity index (χ0v) is 14.3. The van der Waals surface area contributed by atoms with Crippen LogP contribution in [0.25, 0.3) is 10.4 Å². The minimum atomic E-state index is -1.20. The third-order valence-corrected chi connectivity index (χ3v) is 5.02. The summed E-state index contributed by atoms with van der Waals surface area (Å²) >= 11 is 0. The number of azide groups is 1. The van der Waals surface area contributed by atoms with E-state index in [0.717, 1.165) is 6.29 Å². The largest absolute Gasteiger partial charge is 0.456 e. The van der Waals surface area contributed by atoms with Crippen molar-refractivity contribution in [2.24, 2.45) is 5.11 Å². The lowest BCUT2D eigenvalue weighted by molar-refractivity contribution is 0.0224. The maximum absolute atomic E-state index is 12.7. The highest BCUT2D eigenvalue weighted by Gasteiger charge is 2.53. The van der Waals surface area contributed by atoms with Crippen LogP contribution in [0.5, 0.6) is 11.5 Å². The van der Waals surface area contributed by atoms with Crippen molar-refractivity contribution in [1.82, 2.24) is 0 Å². The highest BCUT2D eigenvalue weighted by Crippen LogP contribution is 2.56. The fraction of sp³-hybridized carbons (Fsp3) is 0.0476. The van der Waals surface area contributed by atoms with Gasteiger partial charge in [0.05, 0.1) is 5.56 Å². The van der Waals surface area contributed by atoms with Gasteiger partial charge in [0.15, 0.2) is 5.60 Å². The molecule has 0 amide bonds. The molecule has 2 heterocycles. The third kappa shape index (κ3) is 2.02. The summed E-state index contributed by atoms with van der Waals surface area (Å²) in [5.74, 6) is 0.359. The van der Waals surface area contributed by atoms with Crippen molar-refractivity contribution in [3.8, 4) is 11.5 Å². The minimum Gasteiger partial charge on any atom is -0.456 e. The molecule has 0 aromatic heterocycles. The Balaban J connectivity index is 1.87. The predicted octanol–water partition coefficient (Wildman–Crippen LogP) is 5.01. The number of hydrogen-bond acceptors (Lipinski definition) is 5. The number of nitrogens with zero attached hydrogens (tertiary/aromatic N) is 3. The van der Waals surface area contributed by atoms with Gasteiger partial charge in [0, 0.05) is 32.9 Å². The summed E-state index contributed by atoms with van der Waals surface area (Å²) in [6.07, 6.45) is 0.719. The van der Waals surface area contributed by atoms with Crippen LogP contribution >= 0.6 is 0 Å². The van der Waals surface area contributed by atoms with E-state index in [1.165, 1.54) is 0 Å². The molecule has 1 unspecified atom stereocenters. The van der Waals surface area contributed by atoms with Gasteiger partial charge in [0.25, 0.3) is 0 Å². The molecule has 7 heteroatoms. The van der Waals surface area contributed by atoms with Gasteiger partial charge in [0.2, 0.25) is 0 Å². The zero-order chi connectivity index (χ0) is 19.3. The van der Waals surface area contributed by atoms with E-state index in [1.54, 1.807) is 48.5 Å². The molecule has 1 atom stereocenters. The average molecular weight is 369 g/mol. The summed E-state index contributed by atoms with van der Waals surface area (Å²) in [4.78, 5) is 26.7. The molecule has 0 aliphatic carbocycles. The minimum absolute atomic E-state index is 0.365. The number of esters is 1. The number of benzene rings is 3. The van der Waals surface area contributed by atoms with E-state index in [0.29, 0.717) is 45.0 Å². The number of hydrogen-bond donors (Lipinski definition) is 0. The molecule has 28 heavy (non-hydrogen) atoms. The molecular formula is C21H11N3O4. The smallest absolute Gasteiger partial charge is 0.340 e. The number of aldehydes is 1. The molecule has 5 rings (SSSR count). The van der Waals surface area contributed by atoms with Crippen LogP contribution in [0.15, 0.2) is 65.8 Å². The van der Waals surface area contributed by atoms with Crippen molar-refractivity contribution in [3.05, 3.63) is 98.9 Å². The first-order valence-electron chi connectivity index (χ1n) is 8.47. The van der Waals surface area contributed by atoms with Gasteiger partial charge >= 0.3 is 5.97 Å². The molecule has 3 aromatic rings.